The van der Waals surface area contributed by atoms with Crippen LogP contribution in [0.15, 0.2) is 53.4 Å². The summed E-state index contributed by atoms with van der Waals surface area (Å²) in [5, 5.41) is 0.883. The van der Waals surface area contributed by atoms with Crippen LogP contribution in [0.2, 0.25) is 30.1 Å². The number of benzene rings is 3. The highest BCUT2D eigenvalue weighted by atomic mass is 35.5. The van der Waals surface area contributed by atoms with Crippen molar-refractivity contribution in [3.8, 4) is 11.5 Å². The van der Waals surface area contributed by atoms with Gasteiger partial charge in [-0.05, 0) is 48.5 Å². The van der Waals surface area contributed by atoms with Crippen molar-refractivity contribution >= 4 is 85.3 Å². The van der Waals surface area contributed by atoms with Gasteiger partial charge in [0.25, 0.3) is 10.0 Å². The number of nitrogens with one attached hydrogen (secondary N) is 1. The van der Waals surface area contributed by atoms with Crippen molar-refractivity contribution in [3.63, 3.8) is 0 Å². The van der Waals surface area contributed by atoms with E-state index in [-0.39, 0.29) is 36.4 Å². The first-order chi connectivity index (χ1) is 13.6. The molecule has 0 saturated heterocycles. The Balaban J connectivity index is 1.87. The van der Waals surface area contributed by atoms with Crippen LogP contribution >= 0.6 is 69.6 Å². The Bertz CT molecular complexity index is 1180. The van der Waals surface area contributed by atoms with Crippen molar-refractivity contribution in [1.29, 1.82) is 0 Å². The third-order valence-corrected chi connectivity index (χ3v) is 6.88. The lowest BCUT2D eigenvalue weighted by Crippen LogP contribution is -2.14. The van der Waals surface area contributed by atoms with E-state index in [2.05, 4.69) is 4.72 Å². The second-order valence-corrected chi connectivity index (χ2v) is 9.75. The molecule has 0 atom stereocenters. The Labute approximate surface area is 197 Å². The number of hydrogen-bond acceptors (Lipinski definition) is 3. The van der Waals surface area contributed by atoms with Crippen LogP contribution in [0.4, 0.5) is 5.69 Å². The molecule has 1 N–H and O–H groups in total. The Morgan fingerprint density at radius 3 is 1.72 bits per heavy atom. The molecule has 3 rings (SSSR count). The molecule has 0 aliphatic carbocycles. The highest BCUT2D eigenvalue weighted by Crippen LogP contribution is 2.37. The molecule has 29 heavy (non-hydrogen) atoms. The maximum Gasteiger partial charge on any atom is 0.264 e. The zero-order valence-electron chi connectivity index (χ0n) is 14.0. The third-order valence-electron chi connectivity index (χ3n) is 3.53. The van der Waals surface area contributed by atoms with E-state index in [9.17, 15) is 8.42 Å². The van der Waals surface area contributed by atoms with Gasteiger partial charge in [-0.15, -0.1) is 0 Å². The summed E-state index contributed by atoms with van der Waals surface area (Å²) in [7, 11) is -4.10. The van der Waals surface area contributed by atoms with E-state index in [1.165, 1.54) is 36.4 Å². The van der Waals surface area contributed by atoms with Crippen LogP contribution in [-0.2, 0) is 10.0 Å². The van der Waals surface area contributed by atoms with Gasteiger partial charge in [0.05, 0.1) is 25.8 Å². The minimum Gasteiger partial charge on any atom is -0.454 e. The Morgan fingerprint density at radius 2 is 1.17 bits per heavy atom. The molecule has 0 unspecified atom stereocenters. The number of ether oxygens (including phenoxy) is 1. The minimum atomic E-state index is -4.10. The van der Waals surface area contributed by atoms with Crippen LogP contribution in [0, 0.1) is 0 Å². The van der Waals surface area contributed by atoms with Crippen molar-refractivity contribution in [2.45, 2.75) is 4.90 Å². The molecular formula is C18H9Cl6NO3S. The summed E-state index contributed by atoms with van der Waals surface area (Å²) in [5.41, 5.74) is 0.173. The molecule has 0 aliphatic rings. The molecular weight excluding hydrogens is 523 g/mol. The van der Waals surface area contributed by atoms with Crippen molar-refractivity contribution in [2.75, 3.05) is 4.72 Å². The van der Waals surface area contributed by atoms with E-state index >= 15 is 0 Å². The standard InChI is InChI=1S/C18H9Cl6NO3S/c19-9-1-3-16(12(21)5-9)28-17-4-2-11(8-13(17)22)25-29(26,27)18-14(23)6-10(20)7-15(18)24/h1-8,25H. The van der Waals surface area contributed by atoms with Crippen molar-refractivity contribution < 1.29 is 13.2 Å². The van der Waals surface area contributed by atoms with E-state index in [4.69, 9.17) is 74.3 Å². The van der Waals surface area contributed by atoms with Gasteiger partial charge in [0.2, 0.25) is 0 Å². The second kappa shape index (κ2) is 8.98. The zero-order chi connectivity index (χ0) is 21.3. The van der Waals surface area contributed by atoms with Crippen molar-refractivity contribution in [2.24, 2.45) is 0 Å². The SMILES string of the molecule is O=S(=O)(Nc1ccc(Oc2ccc(Cl)cc2Cl)c(Cl)c1)c1c(Cl)cc(Cl)cc1Cl. The predicted molar refractivity (Wildman–Crippen MR) is 120 cm³/mol. The van der Waals surface area contributed by atoms with Gasteiger partial charge in [-0.1, -0.05) is 69.6 Å². The topological polar surface area (TPSA) is 55.4 Å². The molecule has 4 nitrogen and oxygen atoms in total. The fraction of sp³-hybridized carbons (Fsp3) is 0. The fourth-order valence-electron chi connectivity index (χ4n) is 2.32. The highest BCUT2D eigenvalue weighted by Gasteiger charge is 2.23. The molecule has 0 fully saturated rings. The lowest BCUT2D eigenvalue weighted by Gasteiger charge is -2.13. The second-order valence-electron chi connectivity index (χ2n) is 5.63. The smallest absolute Gasteiger partial charge is 0.264 e. The summed E-state index contributed by atoms with van der Waals surface area (Å²) in [6.07, 6.45) is 0. The summed E-state index contributed by atoms with van der Waals surface area (Å²) in [6, 6.07) is 11.6. The number of anilines is 1. The van der Waals surface area contributed by atoms with Crippen LogP contribution in [0.1, 0.15) is 0 Å². The normalized spacial score (nSPS) is 11.4. The van der Waals surface area contributed by atoms with Crippen LogP contribution in [0.25, 0.3) is 0 Å². The molecule has 152 valence electrons. The molecule has 3 aromatic carbocycles. The molecule has 0 bridgehead atoms. The van der Waals surface area contributed by atoms with Gasteiger partial charge < -0.3 is 4.74 Å². The van der Waals surface area contributed by atoms with Crippen molar-refractivity contribution in [3.05, 3.63) is 78.7 Å². The minimum absolute atomic E-state index is 0.113. The average Bonchev–Trinajstić information content (AvgIpc) is 2.57. The van der Waals surface area contributed by atoms with Gasteiger partial charge in [0.15, 0.2) is 0 Å². The lowest BCUT2D eigenvalue weighted by atomic mass is 10.3. The zero-order valence-corrected chi connectivity index (χ0v) is 19.4. The first-order valence-electron chi connectivity index (χ1n) is 7.66. The number of rotatable bonds is 5. The van der Waals surface area contributed by atoms with Gasteiger partial charge in [0, 0.05) is 10.0 Å². The van der Waals surface area contributed by atoms with Crippen LogP contribution < -0.4 is 9.46 Å². The average molecular weight is 532 g/mol. The van der Waals surface area contributed by atoms with Gasteiger partial charge in [-0.3, -0.25) is 4.72 Å². The monoisotopic (exact) mass is 529 g/mol. The van der Waals surface area contributed by atoms with Crippen LogP contribution in [0.3, 0.4) is 0 Å². The van der Waals surface area contributed by atoms with Gasteiger partial charge >= 0.3 is 0 Å². The van der Waals surface area contributed by atoms with E-state index in [1.807, 2.05) is 0 Å². The largest absolute Gasteiger partial charge is 0.454 e. The quantitative estimate of drug-likeness (QED) is 0.361. The van der Waals surface area contributed by atoms with E-state index in [0.717, 1.165) is 0 Å². The van der Waals surface area contributed by atoms with E-state index in [0.29, 0.717) is 15.8 Å². The van der Waals surface area contributed by atoms with E-state index in [1.54, 1.807) is 12.1 Å². The van der Waals surface area contributed by atoms with E-state index < -0.39 is 10.0 Å². The fourth-order valence-corrected chi connectivity index (χ4v) is 5.58. The number of halogens is 6. The summed E-state index contributed by atoms with van der Waals surface area (Å²) in [6.45, 7) is 0. The summed E-state index contributed by atoms with van der Waals surface area (Å²) < 4.78 is 33.4. The van der Waals surface area contributed by atoms with Gasteiger partial charge in [-0.25, -0.2) is 8.42 Å². The maximum atomic E-state index is 12.7. The molecule has 0 heterocycles. The molecule has 0 amide bonds. The molecule has 0 aromatic heterocycles. The van der Waals surface area contributed by atoms with Crippen molar-refractivity contribution in [1.82, 2.24) is 0 Å². The van der Waals surface area contributed by atoms with Crippen LogP contribution in [-0.4, -0.2) is 8.42 Å². The highest BCUT2D eigenvalue weighted by molar-refractivity contribution is 7.93. The Hall–Kier alpha value is -1.05. The Morgan fingerprint density at radius 1 is 0.655 bits per heavy atom. The molecule has 11 heteroatoms. The summed E-state index contributed by atoms with van der Waals surface area (Å²) in [4.78, 5) is -0.297. The predicted octanol–water partition coefficient (Wildman–Crippen LogP) is 8.20. The third kappa shape index (κ3) is 5.36. The first kappa shape index (κ1) is 22.6. The van der Waals surface area contributed by atoms with Gasteiger partial charge in [0.1, 0.15) is 16.4 Å². The Kier molecular flexibility index (Phi) is 7.01. The van der Waals surface area contributed by atoms with Gasteiger partial charge in [-0.2, -0.15) is 0 Å². The molecule has 0 spiro atoms. The molecule has 0 aliphatic heterocycles. The number of sulfonamides is 1. The summed E-state index contributed by atoms with van der Waals surface area (Å²) >= 11 is 36.0. The number of hydrogen-bond donors (Lipinski definition) is 1. The summed E-state index contributed by atoms with van der Waals surface area (Å²) in [5.74, 6) is 0.604. The molecule has 0 radical (unpaired) electrons. The molecule has 3 aromatic rings. The molecule has 0 saturated carbocycles. The maximum absolute atomic E-state index is 12.7. The van der Waals surface area contributed by atoms with Crippen LogP contribution in [0.5, 0.6) is 11.5 Å². The lowest BCUT2D eigenvalue weighted by molar-refractivity contribution is 0.483. The first-order valence-corrected chi connectivity index (χ1v) is 11.4.